The molecule has 0 aromatic heterocycles. The molecule has 0 aliphatic rings. The summed E-state index contributed by atoms with van der Waals surface area (Å²) in [6, 6.07) is 9.86. The van der Waals surface area contributed by atoms with Crippen LogP contribution in [-0.2, 0) is 4.79 Å². The minimum atomic E-state index is -1.07. The van der Waals surface area contributed by atoms with E-state index in [9.17, 15) is 13.6 Å². The Balaban J connectivity index is 2.52. The van der Waals surface area contributed by atoms with Crippen molar-refractivity contribution in [1.82, 2.24) is 0 Å². The molecular weight excluding hydrogens is 262 g/mol. The quantitative estimate of drug-likeness (QED) is 0.855. The first kappa shape index (κ1) is 13.9. The zero-order valence-corrected chi connectivity index (χ0v) is 10.7. The maximum atomic E-state index is 13.9. The van der Waals surface area contributed by atoms with E-state index in [1.807, 2.05) is 0 Å². The molecule has 0 unspecified atom stereocenters. The summed E-state index contributed by atoms with van der Waals surface area (Å²) in [7, 11) is 0. The van der Waals surface area contributed by atoms with Crippen molar-refractivity contribution in [3.63, 3.8) is 0 Å². The number of benzene rings is 2. The third-order valence-electron chi connectivity index (χ3n) is 2.90. The molecule has 2 rings (SSSR count). The Bertz CT molecular complexity index is 691. The molecule has 0 bridgehead atoms. The van der Waals surface area contributed by atoms with E-state index < -0.39 is 17.6 Å². The number of carboxylic acids is 1. The Morgan fingerprint density at radius 3 is 2.55 bits per heavy atom. The van der Waals surface area contributed by atoms with Crippen molar-refractivity contribution in [2.75, 3.05) is 0 Å². The highest BCUT2D eigenvalue weighted by Crippen LogP contribution is 2.27. The molecule has 0 atom stereocenters. The van der Waals surface area contributed by atoms with Gasteiger partial charge in [0.15, 0.2) is 0 Å². The van der Waals surface area contributed by atoms with Crippen LogP contribution in [0.1, 0.15) is 12.5 Å². The highest BCUT2D eigenvalue weighted by atomic mass is 19.1. The number of carbonyl (C=O) groups is 1. The van der Waals surface area contributed by atoms with Crippen LogP contribution in [-0.4, -0.2) is 11.1 Å². The summed E-state index contributed by atoms with van der Waals surface area (Å²) >= 11 is 0. The van der Waals surface area contributed by atoms with E-state index in [-0.39, 0.29) is 5.56 Å². The molecule has 1 N–H and O–H groups in total. The van der Waals surface area contributed by atoms with Crippen LogP contribution in [0.5, 0.6) is 0 Å². The summed E-state index contributed by atoms with van der Waals surface area (Å²) in [6.07, 6.45) is 1.04. The number of aliphatic carboxylic acids is 1. The van der Waals surface area contributed by atoms with Gasteiger partial charge in [0.05, 0.1) is 0 Å². The predicted octanol–water partition coefficient (Wildman–Crippen LogP) is 4.12. The Morgan fingerprint density at radius 1 is 1.15 bits per heavy atom. The smallest absolute Gasteiger partial charge is 0.328 e. The van der Waals surface area contributed by atoms with Gasteiger partial charge >= 0.3 is 5.97 Å². The summed E-state index contributed by atoms with van der Waals surface area (Å²) < 4.78 is 27.1. The van der Waals surface area contributed by atoms with Crippen LogP contribution in [0, 0.1) is 11.6 Å². The maximum Gasteiger partial charge on any atom is 0.328 e. The fraction of sp³-hybridized carbons (Fsp3) is 0.0625. The fourth-order valence-corrected chi connectivity index (χ4v) is 1.92. The predicted molar refractivity (Wildman–Crippen MR) is 73.1 cm³/mol. The molecule has 2 aromatic rings. The van der Waals surface area contributed by atoms with Crippen molar-refractivity contribution >= 4 is 11.5 Å². The summed E-state index contributed by atoms with van der Waals surface area (Å²) in [6.45, 7) is 1.62. The average molecular weight is 274 g/mol. The normalized spacial score (nSPS) is 11.4. The zero-order valence-electron chi connectivity index (χ0n) is 10.7. The third kappa shape index (κ3) is 3.09. The molecule has 2 nitrogen and oxygen atoms in total. The molecule has 0 heterocycles. The molecule has 20 heavy (non-hydrogen) atoms. The van der Waals surface area contributed by atoms with Crippen LogP contribution in [0.15, 0.2) is 48.5 Å². The highest BCUT2D eigenvalue weighted by Gasteiger charge is 2.08. The topological polar surface area (TPSA) is 37.3 Å². The number of rotatable bonds is 3. The monoisotopic (exact) mass is 274 g/mol. The molecule has 0 aliphatic heterocycles. The fourth-order valence-electron chi connectivity index (χ4n) is 1.92. The second kappa shape index (κ2) is 5.65. The van der Waals surface area contributed by atoms with Gasteiger partial charge in [0, 0.05) is 11.6 Å². The summed E-state index contributed by atoms with van der Waals surface area (Å²) in [4.78, 5) is 10.6. The lowest BCUT2D eigenvalue weighted by molar-refractivity contribution is -0.131. The van der Waals surface area contributed by atoms with Crippen LogP contribution in [0.25, 0.3) is 16.7 Å². The van der Waals surface area contributed by atoms with E-state index >= 15 is 0 Å². The molecule has 0 saturated heterocycles. The lowest BCUT2D eigenvalue weighted by atomic mass is 9.99. The van der Waals surface area contributed by atoms with Gasteiger partial charge < -0.3 is 5.11 Å². The number of hydrogen-bond donors (Lipinski definition) is 1. The number of carboxylic acid groups (broad SMARTS) is 1. The van der Waals surface area contributed by atoms with Crippen LogP contribution in [0.2, 0.25) is 0 Å². The molecule has 102 valence electrons. The van der Waals surface area contributed by atoms with E-state index in [1.165, 1.54) is 36.4 Å². The molecule has 0 fully saturated rings. The minimum absolute atomic E-state index is 0.236. The number of hydrogen-bond acceptors (Lipinski definition) is 1. The lowest BCUT2D eigenvalue weighted by Gasteiger charge is -2.07. The first-order valence-electron chi connectivity index (χ1n) is 5.94. The van der Waals surface area contributed by atoms with Gasteiger partial charge in [-0.1, -0.05) is 18.2 Å². The van der Waals surface area contributed by atoms with Gasteiger partial charge in [-0.15, -0.1) is 0 Å². The van der Waals surface area contributed by atoms with Crippen molar-refractivity contribution in [3.8, 4) is 11.1 Å². The van der Waals surface area contributed by atoms with Gasteiger partial charge in [-0.2, -0.15) is 0 Å². The largest absolute Gasteiger partial charge is 0.478 e. The van der Waals surface area contributed by atoms with Crippen molar-refractivity contribution in [2.24, 2.45) is 0 Å². The Hall–Kier alpha value is -2.49. The van der Waals surface area contributed by atoms with Crippen molar-refractivity contribution < 1.29 is 18.7 Å². The van der Waals surface area contributed by atoms with Crippen LogP contribution in [0.3, 0.4) is 0 Å². The molecule has 0 saturated carbocycles. The summed E-state index contributed by atoms with van der Waals surface area (Å²) in [5.41, 5.74) is 1.72. The second-order valence-electron chi connectivity index (χ2n) is 4.37. The third-order valence-corrected chi connectivity index (χ3v) is 2.90. The van der Waals surface area contributed by atoms with Crippen molar-refractivity contribution in [3.05, 3.63) is 65.7 Å². The highest BCUT2D eigenvalue weighted by molar-refractivity contribution is 5.90. The maximum absolute atomic E-state index is 13.9. The zero-order chi connectivity index (χ0) is 14.7. The lowest BCUT2D eigenvalue weighted by Crippen LogP contribution is -1.92. The summed E-state index contributed by atoms with van der Waals surface area (Å²) in [5, 5.41) is 8.72. The van der Waals surface area contributed by atoms with E-state index in [0.717, 1.165) is 6.08 Å². The molecule has 0 amide bonds. The Labute approximate surface area is 115 Å². The summed E-state index contributed by atoms with van der Waals surface area (Å²) in [5.74, 6) is -2.01. The first-order valence-corrected chi connectivity index (χ1v) is 5.94. The molecule has 0 spiro atoms. The van der Waals surface area contributed by atoms with Gasteiger partial charge in [-0.05, 0) is 47.9 Å². The van der Waals surface area contributed by atoms with Gasteiger partial charge in [-0.3, -0.25) is 0 Å². The molecule has 0 radical (unpaired) electrons. The average Bonchev–Trinajstić information content (AvgIpc) is 2.38. The molecule has 2 aromatic carbocycles. The van der Waals surface area contributed by atoms with Gasteiger partial charge in [0.1, 0.15) is 11.6 Å². The van der Waals surface area contributed by atoms with E-state index in [2.05, 4.69) is 0 Å². The van der Waals surface area contributed by atoms with Gasteiger partial charge in [-0.25, -0.2) is 13.6 Å². The number of allylic oxidation sites excluding steroid dienone is 1. The minimum Gasteiger partial charge on any atom is -0.478 e. The molecular formula is C16H12F2O2. The van der Waals surface area contributed by atoms with E-state index in [0.29, 0.717) is 16.7 Å². The van der Waals surface area contributed by atoms with Crippen LogP contribution < -0.4 is 0 Å². The Kier molecular flexibility index (Phi) is 3.94. The van der Waals surface area contributed by atoms with E-state index in [1.54, 1.807) is 13.0 Å². The van der Waals surface area contributed by atoms with Gasteiger partial charge in [0.25, 0.3) is 0 Å². The Morgan fingerprint density at radius 2 is 1.90 bits per heavy atom. The van der Waals surface area contributed by atoms with Crippen LogP contribution in [0.4, 0.5) is 8.78 Å². The standard InChI is InChI=1S/C16H12F2O2/c1-10(7-16(19)20)11-5-6-15(18)14(9-11)12-3-2-4-13(17)8-12/h2-9H,1H3,(H,19,20)/b10-7+. The van der Waals surface area contributed by atoms with Gasteiger partial charge in [0.2, 0.25) is 0 Å². The molecule has 0 aliphatic carbocycles. The SMILES string of the molecule is C/C(=C\C(=O)O)c1ccc(F)c(-c2cccc(F)c2)c1. The van der Waals surface area contributed by atoms with Crippen LogP contribution >= 0.6 is 0 Å². The van der Waals surface area contributed by atoms with Crippen molar-refractivity contribution in [1.29, 1.82) is 0 Å². The van der Waals surface area contributed by atoms with E-state index in [4.69, 9.17) is 5.11 Å². The first-order chi connectivity index (χ1) is 9.47. The number of halogens is 2. The molecule has 4 heteroatoms. The van der Waals surface area contributed by atoms with Crippen molar-refractivity contribution in [2.45, 2.75) is 6.92 Å². The second-order valence-corrected chi connectivity index (χ2v) is 4.37.